The molecule has 20 heavy (non-hydrogen) atoms. The predicted molar refractivity (Wildman–Crippen MR) is 74.1 cm³/mol. The molecule has 3 rings (SSSR count). The molecule has 0 aliphatic heterocycles. The number of nitrogens with one attached hydrogen (secondary N) is 1. The summed E-state index contributed by atoms with van der Waals surface area (Å²) in [5.74, 6) is 0.730. The molecule has 0 aliphatic carbocycles. The Morgan fingerprint density at radius 2 is 2.25 bits per heavy atom. The van der Waals surface area contributed by atoms with Crippen molar-refractivity contribution in [3.63, 3.8) is 0 Å². The van der Waals surface area contributed by atoms with Crippen LogP contribution in [0.1, 0.15) is 24.4 Å². The molecular formula is C13H17N7. The van der Waals surface area contributed by atoms with Crippen LogP contribution >= 0.6 is 0 Å². The molecule has 7 nitrogen and oxygen atoms in total. The van der Waals surface area contributed by atoms with Gasteiger partial charge in [-0.15, -0.1) is 10.2 Å². The minimum atomic E-state index is 0.129. The zero-order valence-electron chi connectivity index (χ0n) is 11.6. The van der Waals surface area contributed by atoms with Crippen molar-refractivity contribution in [1.82, 2.24) is 35.1 Å². The molecule has 0 aromatic carbocycles. The second-order valence-corrected chi connectivity index (χ2v) is 4.64. The van der Waals surface area contributed by atoms with E-state index in [0.29, 0.717) is 6.42 Å². The molecule has 0 radical (unpaired) electrons. The molecule has 1 N–H and O–H groups in total. The summed E-state index contributed by atoms with van der Waals surface area (Å²) in [5.41, 5.74) is 2.25. The average Bonchev–Trinajstić information content (AvgIpc) is 3.04. The van der Waals surface area contributed by atoms with Crippen LogP contribution < -0.4 is 5.32 Å². The van der Waals surface area contributed by atoms with E-state index in [1.165, 1.54) is 4.80 Å². The van der Waals surface area contributed by atoms with Gasteiger partial charge in [0, 0.05) is 24.2 Å². The van der Waals surface area contributed by atoms with Gasteiger partial charge in [0.1, 0.15) is 0 Å². The number of aromatic nitrogens is 6. The number of hydrogen-bond donors (Lipinski definition) is 1. The Morgan fingerprint density at radius 1 is 1.35 bits per heavy atom. The second kappa shape index (κ2) is 5.38. The van der Waals surface area contributed by atoms with Gasteiger partial charge in [0.2, 0.25) is 0 Å². The van der Waals surface area contributed by atoms with E-state index in [2.05, 4.69) is 38.8 Å². The van der Waals surface area contributed by atoms with Gasteiger partial charge < -0.3 is 5.32 Å². The molecule has 0 saturated carbocycles. The van der Waals surface area contributed by atoms with Crippen molar-refractivity contribution in [1.29, 1.82) is 0 Å². The van der Waals surface area contributed by atoms with E-state index in [1.54, 1.807) is 7.05 Å². The lowest BCUT2D eigenvalue weighted by Crippen LogP contribution is -2.23. The average molecular weight is 271 g/mol. The number of fused-ring (bicyclic) bond motifs is 1. The first kappa shape index (κ1) is 12.7. The first-order chi connectivity index (χ1) is 9.78. The monoisotopic (exact) mass is 271 g/mol. The van der Waals surface area contributed by atoms with Crippen molar-refractivity contribution in [2.75, 3.05) is 6.54 Å². The Hall–Kier alpha value is -2.28. The topological polar surface area (TPSA) is 72.9 Å². The Morgan fingerprint density at radius 3 is 3.00 bits per heavy atom. The van der Waals surface area contributed by atoms with Gasteiger partial charge >= 0.3 is 0 Å². The van der Waals surface area contributed by atoms with E-state index >= 15 is 0 Å². The van der Waals surface area contributed by atoms with Gasteiger partial charge in [0.25, 0.3) is 0 Å². The number of hydrogen-bond acceptors (Lipinski definition) is 5. The molecule has 1 unspecified atom stereocenters. The maximum atomic E-state index is 4.38. The SMILES string of the molecule is CCNC(Cc1nnn(C)n1)c1cnn2ccccc12. The molecular weight excluding hydrogens is 254 g/mol. The van der Waals surface area contributed by atoms with Crippen LogP contribution in [-0.4, -0.2) is 36.4 Å². The number of aryl methyl sites for hydroxylation is 1. The number of pyridine rings is 1. The van der Waals surface area contributed by atoms with Crippen LogP contribution in [0.15, 0.2) is 30.6 Å². The Balaban J connectivity index is 1.93. The molecule has 0 aliphatic rings. The van der Waals surface area contributed by atoms with Crippen molar-refractivity contribution in [3.05, 3.63) is 42.0 Å². The molecule has 104 valence electrons. The summed E-state index contributed by atoms with van der Waals surface area (Å²) >= 11 is 0. The molecule has 0 amide bonds. The van der Waals surface area contributed by atoms with E-state index in [0.717, 1.165) is 23.4 Å². The van der Waals surface area contributed by atoms with Crippen LogP contribution in [0, 0.1) is 0 Å². The smallest absolute Gasteiger partial charge is 0.176 e. The van der Waals surface area contributed by atoms with Gasteiger partial charge in [-0.1, -0.05) is 13.0 Å². The lowest BCUT2D eigenvalue weighted by Gasteiger charge is -2.15. The fourth-order valence-electron chi connectivity index (χ4n) is 2.35. The molecule has 3 heterocycles. The van der Waals surface area contributed by atoms with E-state index in [4.69, 9.17) is 0 Å². The summed E-state index contributed by atoms with van der Waals surface area (Å²) in [6.07, 6.45) is 4.54. The maximum Gasteiger partial charge on any atom is 0.176 e. The summed E-state index contributed by atoms with van der Waals surface area (Å²) in [6, 6.07) is 6.18. The first-order valence-corrected chi connectivity index (χ1v) is 6.66. The van der Waals surface area contributed by atoms with Crippen LogP contribution in [0.3, 0.4) is 0 Å². The van der Waals surface area contributed by atoms with Crippen LogP contribution in [-0.2, 0) is 13.5 Å². The van der Waals surface area contributed by atoms with Crippen molar-refractivity contribution >= 4 is 5.52 Å². The summed E-state index contributed by atoms with van der Waals surface area (Å²) in [4.78, 5) is 1.48. The highest BCUT2D eigenvalue weighted by Crippen LogP contribution is 2.21. The van der Waals surface area contributed by atoms with Gasteiger partial charge in [-0.05, 0) is 23.9 Å². The molecule has 0 bridgehead atoms. The maximum absolute atomic E-state index is 4.38. The summed E-state index contributed by atoms with van der Waals surface area (Å²) in [6.45, 7) is 2.96. The van der Waals surface area contributed by atoms with Gasteiger partial charge in [0.15, 0.2) is 5.82 Å². The largest absolute Gasteiger partial charge is 0.310 e. The highest BCUT2D eigenvalue weighted by atomic mass is 15.6. The number of likely N-dealkylation sites (N-methyl/N-ethyl adjacent to an activating group) is 1. The third-order valence-corrected chi connectivity index (χ3v) is 3.22. The molecule has 3 aromatic heterocycles. The molecule has 1 atom stereocenters. The number of nitrogens with zero attached hydrogens (tertiary/aromatic N) is 6. The molecule has 0 spiro atoms. The van der Waals surface area contributed by atoms with Gasteiger partial charge in [-0.25, -0.2) is 4.52 Å². The normalized spacial score (nSPS) is 12.9. The summed E-state index contributed by atoms with van der Waals surface area (Å²) < 4.78 is 1.88. The van der Waals surface area contributed by atoms with Crippen molar-refractivity contribution < 1.29 is 0 Å². The van der Waals surface area contributed by atoms with Crippen LogP contribution in [0.5, 0.6) is 0 Å². The van der Waals surface area contributed by atoms with Gasteiger partial charge in [-0.2, -0.15) is 9.90 Å². The van der Waals surface area contributed by atoms with Crippen molar-refractivity contribution in [2.24, 2.45) is 7.05 Å². The molecule has 0 fully saturated rings. The van der Waals surface area contributed by atoms with E-state index in [9.17, 15) is 0 Å². The number of rotatable bonds is 5. The Kier molecular flexibility index (Phi) is 3.42. The third-order valence-electron chi connectivity index (χ3n) is 3.22. The fraction of sp³-hybridized carbons (Fsp3) is 0.385. The minimum Gasteiger partial charge on any atom is -0.310 e. The lowest BCUT2D eigenvalue weighted by molar-refractivity contribution is 0.537. The van der Waals surface area contributed by atoms with Crippen molar-refractivity contribution in [2.45, 2.75) is 19.4 Å². The van der Waals surface area contributed by atoms with E-state index < -0.39 is 0 Å². The highest BCUT2D eigenvalue weighted by Gasteiger charge is 2.18. The fourth-order valence-corrected chi connectivity index (χ4v) is 2.35. The molecule has 7 heteroatoms. The van der Waals surface area contributed by atoms with Crippen LogP contribution in [0.25, 0.3) is 5.52 Å². The Labute approximate surface area is 116 Å². The first-order valence-electron chi connectivity index (χ1n) is 6.66. The zero-order chi connectivity index (χ0) is 13.9. The second-order valence-electron chi connectivity index (χ2n) is 4.64. The number of tetrazole rings is 1. The lowest BCUT2D eigenvalue weighted by atomic mass is 10.1. The van der Waals surface area contributed by atoms with E-state index in [1.807, 2.05) is 29.0 Å². The summed E-state index contributed by atoms with van der Waals surface area (Å²) in [5, 5.41) is 20.0. The van der Waals surface area contributed by atoms with Crippen LogP contribution in [0.2, 0.25) is 0 Å². The standard InChI is InChI=1S/C13H17N7/c1-3-14-11(8-13-16-18-19(2)17-13)10-9-15-20-7-5-4-6-12(10)20/h4-7,9,11,14H,3,8H2,1-2H3. The molecule has 0 saturated heterocycles. The predicted octanol–water partition coefficient (Wildman–Crippen LogP) is 0.751. The molecule has 3 aromatic rings. The Bertz CT molecular complexity index is 699. The van der Waals surface area contributed by atoms with Gasteiger partial charge in [-0.3, -0.25) is 0 Å². The third kappa shape index (κ3) is 2.39. The van der Waals surface area contributed by atoms with Gasteiger partial charge in [0.05, 0.1) is 18.8 Å². The quantitative estimate of drug-likeness (QED) is 0.741. The summed E-state index contributed by atoms with van der Waals surface area (Å²) in [7, 11) is 1.77. The van der Waals surface area contributed by atoms with E-state index in [-0.39, 0.29) is 6.04 Å². The highest BCUT2D eigenvalue weighted by molar-refractivity contribution is 5.55. The van der Waals surface area contributed by atoms with Crippen LogP contribution in [0.4, 0.5) is 0 Å². The minimum absolute atomic E-state index is 0.129. The van der Waals surface area contributed by atoms with Crippen molar-refractivity contribution in [3.8, 4) is 0 Å². The zero-order valence-corrected chi connectivity index (χ0v) is 11.6.